The van der Waals surface area contributed by atoms with E-state index in [4.69, 9.17) is 0 Å². The summed E-state index contributed by atoms with van der Waals surface area (Å²) in [5, 5.41) is 6.92. The molecule has 71 valence electrons. The molecular formula is C10H21N2. The van der Waals surface area contributed by atoms with Crippen LogP contribution in [0.5, 0.6) is 0 Å². The van der Waals surface area contributed by atoms with Crippen LogP contribution in [-0.2, 0) is 0 Å². The summed E-state index contributed by atoms with van der Waals surface area (Å²) < 4.78 is 0. The van der Waals surface area contributed by atoms with Crippen LogP contribution in [0.3, 0.4) is 0 Å². The Morgan fingerprint density at radius 1 is 1.17 bits per heavy atom. The molecular weight excluding hydrogens is 148 g/mol. The lowest BCUT2D eigenvalue weighted by Crippen LogP contribution is -2.48. The van der Waals surface area contributed by atoms with E-state index in [2.05, 4.69) is 17.6 Å². The smallest absolute Gasteiger partial charge is 0.0193 e. The molecule has 12 heavy (non-hydrogen) atoms. The minimum absolute atomic E-state index is 0.726. The van der Waals surface area contributed by atoms with E-state index in [0.717, 1.165) is 32.1 Å². The zero-order valence-electron chi connectivity index (χ0n) is 7.94. The third-order valence-electron chi connectivity index (χ3n) is 2.43. The van der Waals surface area contributed by atoms with Crippen LogP contribution in [0.15, 0.2) is 0 Å². The third-order valence-corrected chi connectivity index (χ3v) is 2.43. The molecule has 2 nitrogen and oxygen atoms in total. The van der Waals surface area contributed by atoms with E-state index in [9.17, 15) is 0 Å². The van der Waals surface area contributed by atoms with Gasteiger partial charge in [-0.05, 0) is 6.42 Å². The maximum absolute atomic E-state index is 3.84. The third kappa shape index (κ3) is 4.07. The van der Waals surface area contributed by atoms with Crippen molar-refractivity contribution >= 4 is 0 Å². The van der Waals surface area contributed by atoms with Crippen molar-refractivity contribution in [2.75, 3.05) is 19.6 Å². The van der Waals surface area contributed by atoms with E-state index in [1.165, 1.54) is 25.7 Å². The molecule has 2 N–H and O–H groups in total. The quantitative estimate of drug-likeness (QED) is 0.607. The van der Waals surface area contributed by atoms with Crippen LogP contribution in [0, 0.1) is 6.92 Å². The number of nitrogens with one attached hydrogen (secondary N) is 2. The van der Waals surface area contributed by atoms with E-state index in [0.29, 0.717) is 0 Å². The Morgan fingerprint density at radius 3 is 2.75 bits per heavy atom. The molecule has 0 saturated carbocycles. The first kappa shape index (κ1) is 10.0. The minimum atomic E-state index is 0.726. The van der Waals surface area contributed by atoms with Gasteiger partial charge in [0.1, 0.15) is 0 Å². The second kappa shape index (κ2) is 6.44. The van der Waals surface area contributed by atoms with Crippen molar-refractivity contribution in [3.05, 3.63) is 6.92 Å². The summed E-state index contributed by atoms with van der Waals surface area (Å²) in [6.07, 6.45) is 6.42. The Bertz CT molecular complexity index is 98.0. The van der Waals surface area contributed by atoms with E-state index in [-0.39, 0.29) is 0 Å². The highest BCUT2D eigenvalue weighted by Crippen LogP contribution is 2.05. The predicted octanol–water partition coefficient (Wildman–Crippen LogP) is 1.33. The van der Waals surface area contributed by atoms with Crippen LogP contribution < -0.4 is 10.6 Å². The SMILES string of the molecule is [CH2]CCCCCC1CNCCN1. The van der Waals surface area contributed by atoms with Gasteiger partial charge in [-0.25, -0.2) is 0 Å². The Labute approximate surface area is 76.1 Å². The molecule has 1 aliphatic heterocycles. The summed E-state index contributed by atoms with van der Waals surface area (Å²) in [5.41, 5.74) is 0. The average molecular weight is 169 g/mol. The van der Waals surface area contributed by atoms with Crippen LogP contribution in [0.1, 0.15) is 32.1 Å². The van der Waals surface area contributed by atoms with Gasteiger partial charge >= 0.3 is 0 Å². The molecule has 1 atom stereocenters. The van der Waals surface area contributed by atoms with Crippen LogP contribution in [-0.4, -0.2) is 25.7 Å². The lowest BCUT2D eigenvalue weighted by molar-refractivity contribution is 0.387. The van der Waals surface area contributed by atoms with Gasteiger partial charge in [0.05, 0.1) is 0 Å². The highest BCUT2D eigenvalue weighted by molar-refractivity contribution is 4.74. The lowest BCUT2D eigenvalue weighted by Gasteiger charge is -2.24. The molecule has 1 heterocycles. The molecule has 0 aromatic carbocycles. The summed E-state index contributed by atoms with van der Waals surface area (Å²) in [6.45, 7) is 7.27. The van der Waals surface area contributed by atoms with Crippen molar-refractivity contribution in [1.29, 1.82) is 0 Å². The summed E-state index contributed by atoms with van der Waals surface area (Å²) in [7, 11) is 0. The maximum atomic E-state index is 3.84. The summed E-state index contributed by atoms with van der Waals surface area (Å²) >= 11 is 0. The molecule has 1 fully saturated rings. The average Bonchev–Trinajstić information content (AvgIpc) is 2.14. The zero-order chi connectivity index (χ0) is 8.65. The molecule has 2 heteroatoms. The van der Waals surface area contributed by atoms with Crippen LogP contribution in [0.2, 0.25) is 0 Å². The van der Waals surface area contributed by atoms with Gasteiger partial charge in [-0.15, -0.1) is 0 Å². The van der Waals surface area contributed by atoms with Gasteiger partial charge in [0.25, 0.3) is 0 Å². The topological polar surface area (TPSA) is 24.1 Å². The maximum Gasteiger partial charge on any atom is 0.0193 e. The number of hydrogen-bond donors (Lipinski definition) is 2. The number of piperazine rings is 1. The first-order chi connectivity index (χ1) is 5.93. The number of unbranched alkanes of at least 4 members (excludes halogenated alkanes) is 3. The Kier molecular flexibility index (Phi) is 5.37. The zero-order valence-corrected chi connectivity index (χ0v) is 7.94. The Morgan fingerprint density at radius 2 is 2.08 bits per heavy atom. The van der Waals surface area contributed by atoms with Crippen molar-refractivity contribution in [3.8, 4) is 0 Å². The van der Waals surface area contributed by atoms with Gasteiger partial charge in [-0.1, -0.05) is 32.6 Å². The van der Waals surface area contributed by atoms with Gasteiger partial charge in [-0.3, -0.25) is 0 Å². The molecule has 0 amide bonds. The van der Waals surface area contributed by atoms with Crippen molar-refractivity contribution in [2.45, 2.75) is 38.1 Å². The molecule has 0 aliphatic carbocycles. The van der Waals surface area contributed by atoms with E-state index in [1.807, 2.05) is 0 Å². The molecule has 1 rings (SSSR count). The van der Waals surface area contributed by atoms with Gasteiger partial charge in [0.15, 0.2) is 0 Å². The van der Waals surface area contributed by atoms with E-state index in [1.54, 1.807) is 0 Å². The van der Waals surface area contributed by atoms with Crippen molar-refractivity contribution in [1.82, 2.24) is 10.6 Å². The highest BCUT2D eigenvalue weighted by atomic mass is 15.0. The Hall–Kier alpha value is -0.0800. The first-order valence-electron chi connectivity index (χ1n) is 5.17. The fourth-order valence-corrected chi connectivity index (χ4v) is 1.66. The lowest BCUT2D eigenvalue weighted by atomic mass is 10.1. The summed E-state index contributed by atoms with van der Waals surface area (Å²) in [5.74, 6) is 0. The predicted molar refractivity (Wildman–Crippen MR) is 53.1 cm³/mol. The second-order valence-corrected chi connectivity index (χ2v) is 3.56. The molecule has 0 aromatic rings. The number of hydrogen-bond acceptors (Lipinski definition) is 2. The fraction of sp³-hybridized carbons (Fsp3) is 0.900. The second-order valence-electron chi connectivity index (χ2n) is 3.56. The Balaban J connectivity index is 1.91. The monoisotopic (exact) mass is 169 g/mol. The van der Waals surface area contributed by atoms with Gasteiger partial charge in [-0.2, -0.15) is 0 Å². The van der Waals surface area contributed by atoms with Crippen molar-refractivity contribution in [3.63, 3.8) is 0 Å². The van der Waals surface area contributed by atoms with Gasteiger partial charge in [0.2, 0.25) is 0 Å². The van der Waals surface area contributed by atoms with E-state index < -0.39 is 0 Å². The molecule has 1 radical (unpaired) electrons. The molecule has 1 aliphatic rings. The first-order valence-corrected chi connectivity index (χ1v) is 5.17. The van der Waals surface area contributed by atoms with Crippen LogP contribution in [0.4, 0.5) is 0 Å². The molecule has 1 saturated heterocycles. The van der Waals surface area contributed by atoms with Crippen LogP contribution >= 0.6 is 0 Å². The molecule has 0 spiro atoms. The largest absolute Gasteiger partial charge is 0.314 e. The highest BCUT2D eigenvalue weighted by Gasteiger charge is 2.10. The molecule has 1 unspecified atom stereocenters. The van der Waals surface area contributed by atoms with Crippen molar-refractivity contribution < 1.29 is 0 Å². The standard InChI is InChI=1S/C10H21N2/c1-2-3-4-5-6-10-9-11-7-8-12-10/h10-12H,1-9H2. The van der Waals surface area contributed by atoms with E-state index >= 15 is 0 Å². The normalized spacial score (nSPS) is 24.2. The van der Waals surface area contributed by atoms with Gasteiger partial charge in [0, 0.05) is 25.7 Å². The van der Waals surface area contributed by atoms with Crippen LogP contribution in [0.25, 0.3) is 0 Å². The van der Waals surface area contributed by atoms with Crippen molar-refractivity contribution in [2.24, 2.45) is 0 Å². The molecule has 0 bridgehead atoms. The summed E-state index contributed by atoms with van der Waals surface area (Å²) in [6, 6.07) is 0.726. The minimum Gasteiger partial charge on any atom is -0.314 e. The molecule has 0 aromatic heterocycles. The summed E-state index contributed by atoms with van der Waals surface area (Å²) in [4.78, 5) is 0. The number of rotatable bonds is 5. The van der Waals surface area contributed by atoms with Gasteiger partial charge < -0.3 is 10.6 Å². The fourth-order valence-electron chi connectivity index (χ4n) is 1.66.